The van der Waals surface area contributed by atoms with Crippen LogP contribution >= 0.6 is 11.6 Å². The molecule has 9 heteroatoms. The summed E-state index contributed by atoms with van der Waals surface area (Å²) < 4.78 is 51.2. The monoisotopic (exact) mass is 476 g/mol. The van der Waals surface area contributed by atoms with Gasteiger partial charge in [0, 0.05) is 12.6 Å². The molecule has 0 heterocycles. The summed E-state index contributed by atoms with van der Waals surface area (Å²) in [6.45, 7) is 1.80. The van der Waals surface area contributed by atoms with Crippen molar-refractivity contribution >= 4 is 27.8 Å². The molecule has 0 spiro atoms. The highest BCUT2D eigenvalue weighted by Gasteiger charge is 2.19. The lowest BCUT2D eigenvalue weighted by molar-refractivity contribution is 0.280. The van der Waals surface area contributed by atoms with Crippen molar-refractivity contribution in [2.75, 3.05) is 14.2 Å². The summed E-state index contributed by atoms with van der Waals surface area (Å²) in [4.78, 5) is 0.149. The van der Waals surface area contributed by atoms with Crippen LogP contribution in [0.2, 0.25) is 5.02 Å². The van der Waals surface area contributed by atoms with Crippen molar-refractivity contribution < 1.29 is 22.3 Å². The van der Waals surface area contributed by atoms with Crippen LogP contribution in [0, 0.1) is 12.7 Å². The SMILES string of the molecule is COc1cc(C=NN(C)S(=O)(=O)c2ccc(C)cc2)ccc1OCc1c(F)cccc1Cl. The standard InChI is InChI=1S/C23H22ClFN2O4S/c1-16-7-10-18(11-8-16)32(28,29)27(2)26-14-17-9-12-22(23(13-17)30-3)31-15-19-20(24)5-4-6-21(19)25/h4-14H,15H2,1-3H3. The molecule has 3 rings (SSSR count). The van der Waals surface area contributed by atoms with Gasteiger partial charge in [-0.15, -0.1) is 0 Å². The van der Waals surface area contributed by atoms with Crippen LogP contribution in [0.25, 0.3) is 0 Å². The number of sulfonamides is 1. The number of aryl methyl sites for hydroxylation is 1. The van der Waals surface area contributed by atoms with Gasteiger partial charge in [-0.3, -0.25) is 0 Å². The minimum Gasteiger partial charge on any atom is -0.493 e. The summed E-state index contributed by atoms with van der Waals surface area (Å²) in [6.07, 6.45) is 1.39. The van der Waals surface area contributed by atoms with E-state index in [9.17, 15) is 12.8 Å². The number of hydrazone groups is 1. The molecule has 3 aromatic carbocycles. The van der Waals surface area contributed by atoms with Crippen molar-refractivity contribution in [1.29, 1.82) is 0 Å². The first kappa shape index (κ1) is 23.6. The van der Waals surface area contributed by atoms with Gasteiger partial charge in [0.25, 0.3) is 10.0 Å². The van der Waals surface area contributed by atoms with E-state index in [4.69, 9.17) is 21.1 Å². The van der Waals surface area contributed by atoms with E-state index < -0.39 is 15.8 Å². The first-order chi connectivity index (χ1) is 15.2. The van der Waals surface area contributed by atoms with E-state index in [2.05, 4.69) is 5.10 Å². The van der Waals surface area contributed by atoms with Gasteiger partial charge in [-0.05, 0) is 55.0 Å². The predicted octanol–water partition coefficient (Wildman–Crippen LogP) is 5.03. The van der Waals surface area contributed by atoms with Crippen molar-refractivity contribution in [3.63, 3.8) is 0 Å². The van der Waals surface area contributed by atoms with Crippen LogP contribution in [0.4, 0.5) is 4.39 Å². The van der Waals surface area contributed by atoms with Crippen molar-refractivity contribution in [2.24, 2.45) is 5.10 Å². The molecule has 0 aliphatic heterocycles. The molecule has 0 N–H and O–H groups in total. The fraction of sp³-hybridized carbons (Fsp3) is 0.174. The molecule has 0 unspecified atom stereocenters. The average molecular weight is 477 g/mol. The van der Waals surface area contributed by atoms with Crippen molar-refractivity contribution in [3.05, 3.63) is 88.2 Å². The van der Waals surface area contributed by atoms with Crippen molar-refractivity contribution in [2.45, 2.75) is 18.4 Å². The molecule has 168 valence electrons. The zero-order valence-electron chi connectivity index (χ0n) is 17.7. The maximum atomic E-state index is 13.9. The number of halogens is 2. The minimum atomic E-state index is -3.77. The van der Waals surface area contributed by atoms with E-state index in [1.54, 1.807) is 36.4 Å². The lowest BCUT2D eigenvalue weighted by Crippen LogP contribution is -2.21. The Morgan fingerprint density at radius 1 is 1.09 bits per heavy atom. The van der Waals surface area contributed by atoms with E-state index in [-0.39, 0.29) is 22.1 Å². The molecule has 0 saturated heterocycles. The Hall–Kier alpha value is -3.10. The summed E-state index contributed by atoms with van der Waals surface area (Å²) in [5, 5.41) is 4.31. The summed E-state index contributed by atoms with van der Waals surface area (Å²) in [5.41, 5.74) is 1.79. The molecule has 6 nitrogen and oxygen atoms in total. The normalized spacial score (nSPS) is 11.5. The zero-order chi connectivity index (χ0) is 23.3. The maximum absolute atomic E-state index is 13.9. The van der Waals surface area contributed by atoms with Crippen LogP contribution in [-0.2, 0) is 16.6 Å². The lowest BCUT2D eigenvalue weighted by Gasteiger charge is -2.14. The van der Waals surface area contributed by atoms with Gasteiger partial charge in [0.2, 0.25) is 0 Å². The van der Waals surface area contributed by atoms with Crippen molar-refractivity contribution in [1.82, 2.24) is 4.41 Å². The Kier molecular flexibility index (Phi) is 7.37. The first-order valence-electron chi connectivity index (χ1n) is 9.55. The topological polar surface area (TPSA) is 68.2 Å². The number of ether oxygens (including phenoxy) is 2. The molecule has 0 aromatic heterocycles. The van der Waals surface area contributed by atoms with E-state index in [1.165, 1.54) is 44.6 Å². The van der Waals surface area contributed by atoms with Crippen molar-refractivity contribution in [3.8, 4) is 11.5 Å². The second kappa shape index (κ2) is 10.0. The Balaban J connectivity index is 1.75. The van der Waals surface area contributed by atoms with E-state index in [1.807, 2.05) is 6.92 Å². The van der Waals surface area contributed by atoms with Gasteiger partial charge in [-0.2, -0.15) is 17.9 Å². The molecular formula is C23H22ClFN2O4S. The number of hydrogen-bond acceptors (Lipinski definition) is 5. The molecule has 0 fully saturated rings. The van der Waals surface area contributed by atoms with Gasteiger partial charge in [0.1, 0.15) is 12.4 Å². The number of benzene rings is 3. The highest BCUT2D eigenvalue weighted by Crippen LogP contribution is 2.30. The molecule has 0 aliphatic carbocycles. The van der Waals surface area contributed by atoms with Crippen LogP contribution in [0.3, 0.4) is 0 Å². The molecule has 0 amide bonds. The second-order valence-electron chi connectivity index (χ2n) is 6.90. The Bertz CT molecular complexity index is 1210. The summed E-state index contributed by atoms with van der Waals surface area (Å²) in [6, 6.07) is 15.9. The highest BCUT2D eigenvalue weighted by molar-refractivity contribution is 7.89. The van der Waals surface area contributed by atoms with Gasteiger partial charge in [0.15, 0.2) is 11.5 Å². The number of nitrogens with zero attached hydrogens (tertiary/aromatic N) is 2. The predicted molar refractivity (Wildman–Crippen MR) is 122 cm³/mol. The van der Waals surface area contributed by atoms with Crippen LogP contribution in [0.1, 0.15) is 16.7 Å². The average Bonchev–Trinajstić information content (AvgIpc) is 2.77. The molecule has 32 heavy (non-hydrogen) atoms. The minimum absolute atomic E-state index is 0.0766. The summed E-state index contributed by atoms with van der Waals surface area (Å²) in [5.74, 6) is 0.299. The third kappa shape index (κ3) is 5.38. The third-order valence-electron chi connectivity index (χ3n) is 4.66. The van der Waals surface area contributed by atoms with Gasteiger partial charge in [0.05, 0.1) is 23.2 Å². The largest absolute Gasteiger partial charge is 0.493 e. The smallest absolute Gasteiger partial charge is 0.278 e. The summed E-state index contributed by atoms with van der Waals surface area (Å²) >= 11 is 6.03. The fourth-order valence-corrected chi connectivity index (χ4v) is 3.95. The van der Waals surface area contributed by atoms with Gasteiger partial charge in [-0.1, -0.05) is 35.4 Å². The fourth-order valence-electron chi connectivity index (χ4n) is 2.78. The Labute approximate surface area is 191 Å². The summed E-state index contributed by atoms with van der Waals surface area (Å²) in [7, 11) is -0.941. The first-order valence-corrected chi connectivity index (χ1v) is 11.4. The maximum Gasteiger partial charge on any atom is 0.278 e. The van der Waals surface area contributed by atoms with Gasteiger partial charge in [-0.25, -0.2) is 4.39 Å². The van der Waals surface area contributed by atoms with Crippen LogP contribution in [0.5, 0.6) is 11.5 Å². The molecule has 0 aliphatic rings. The zero-order valence-corrected chi connectivity index (χ0v) is 19.3. The number of rotatable bonds is 8. The molecule has 3 aromatic rings. The molecular weight excluding hydrogens is 455 g/mol. The van der Waals surface area contributed by atoms with E-state index >= 15 is 0 Å². The second-order valence-corrected chi connectivity index (χ2v) is 9.25. The van der Waals surface area contributed by atoms with Crippen LogP contribution < -0.4 is 9.47 Å². The Morgan fingerprint density at radius 2 is 1.81 bits per heavy atom. The molecule has 0 radical (unpaired) electrons. The molecule has 0 bridgehead atoms. The highest BCUT2D eigenvalue weighted by atomic mass is 35.5. The molecule has 0 atom stereocenters. The van der Waals surface area contributed by atoms with E-state index in [0.29, 0.717) is 17.1 Å². The van der Waals surface area contributed by atoms with E-state index in [0.717, 1.165) is 9.98 Å². The molecule has 0 saturated carbocycles. The third-order valence-corrected chi connectivity index (χ3v) is 6.67. The number of methoxy groups -OCH3 is 1. The lowest BCUT2D eigenvalue weighted by atomic mass is 10.2. The Morgan fingerprint density at radius 3 is 2.47 bits per heavy atom. The van der Waals surface area contributed by atoms with Gasteiger partial charge < -0.3 is 9.47 Å². The van der Waals surface area contributed by atoms with Crippen LogP contribution in [-0.4, -0.2) is 33.2 Å². The van der Waals surface area contributed by atoms with Gasteiger partial charge >= 0.3 is 0 Å². The number of hydrogen-bond donors (Lipinski definition) is 0. The quantitative estimate of drug-likeness (QED) is 0.338. The van der Waals surface area contributed by atoms with Crippen LogP contribution in [0.15, 0.2) is 70.7 Å².